The number of halogens is 1. The third kappa shape index (κ3) is 4.82. The normalized spacial score (nSPS) is 19.1. The summed E-state index contributed by atoms with van der Waals surface area (Å²) in [4.78, 5) is 33.6. The summed E-state index contributed by atoms with van der Waals surface area (Å²) < 4.78 is 3.05. The molecule has 156 valence electrons. The van der Waals surface area contributed by atoms with Crippen LogP contribution in [0.4, 0.5) is 0 Å². The maximum absolute atomic E-state index is 12.8. The molecular formula is C21H28BrN5O2. The Hall–Kier alpha value is -1.90. The van der Waals surface area contributed by atoms with Gasteiger partial charge in [0.1, 0.15) is 6.54 Å². The average Bonchev–Trinajstić information content (AvgIpc) is 3.10. The van der Waals surface area contributed by atoms with Gasteiger partial charge in [-0.05, 0) is 31.3 Å². The Bertz CT molecular complexity index is 882. The molecule has 0 spiro atoms. The SMILES string of the molecule is CN1CCN(C(=O)CN2CCN(C(=O)Cn3ccc4cc(Br)ccc43)CC2)CC1. The van der Waals surface area contributed by atoms with Crippen molar-refractivity contribution in [2.24, 2.45) is 0 Å². The maximum atomic E-state index is 12.8. The van der Waals surface area contributed by atoms with Gasteiger partial charge in [-0.25, -0.2) is 0 Å². The van der Waals surface area contributed by atoms with E-state index in [1.54, 1.807) is 0 Å². The number of fused-ring (bicyclic) bond motifs is 1. The van der Waals surface area contributed by atoms with Crippen LogP contribution in [-0.2, 0) is 16.1 Å². The number of hydrogen-bond donors (Lipinski definition) is 0. The second kappa shape index (κ2) is 8.85. The van der Waals surface area contributed by atoms with E-state index < -0.39 is 0 Å². The van der Waals surface area contributed by atoms with Crippen molar-refractivity contribution in [3.05, 3.63) is 34.9 Å². The lowest BCUT2D eigenvalue weighted by atomic mass is 10.2. The lowest BCUT2D eigenvalue weighted by molar-refractivity contribution is -0.136. The Morgan fingerprint density at radius 3 is 2.17 bits per heavy atom. The number of rotatable bonds is 4. The molecule has 2 aromatic rings. The summed E-state index contributed by atoms with van der Waals surface area (Å²) in [6.07, 6.45) is 1.97. The van der Waals surface area contributed by atoms with Gasteiger partial charge in [0.25, 0.3) is 0 Å². The second-order valence-electron chi connectivity index (χ2n) is 7.99. The fourth-order valence-corrected chi connectivity index (χ4v) is 4.44. The molecule has 0 radical (unpaired) electrons. The number of likely N-dealkylation sites (N-methyl/N-ethyl adjacent to an activating group) is 1. The first-order chi connectivity index (χ1) is 14.0. The highest BCUT2D eigenvalue weighted by Gasteiger charge is 2.25. The van der Waals surface area contributed by atoms with E-state index in [1.807, 2.05) is 38.8 Å². The third-order valence-electron chi connectivity index (χ3n) is 5.98. The largest absolute Gasteiger partial charge is 0.339 e. The van der Waals surface area contributed by atoms with Gasteiger partial charge in [0.05, 0.1) is 6.54 Å². The van der Waals surface area contributed by atoms with Gasteiger partial charge in [-0.2, -0.15) is 0 Å². The molecule has 2 amide bonds. The van der Waals surface area contributed by atoms with Crippen LogP contribution in [-0.4, -0.2) is 102 Å². The standard InChI is InChI=1S/C21H28BrN5O2/c1-23-6-10-25(11-7-23)20(28)15-24-8-12-26(13-9-24)21(29)16-27-5-4-17-14-18(22)2-3-19(17)27/h2-5,14H,6-13,15-16H2,1H3. The minimum absolute atomic E-state index is 0.135. The quantitative estimate of drug-likeness (QED) is 0.688. The fraction of sp³-hybridized carbons (Fsp3) is 0.524. The number of carbonyl (C=O) groups excluding carboxylic acids is 2. The zero-order valence-corrected chi connectivity index (χ0v) is 18.5. The van der Waals surface area contributed by atoms with E-state index in [0.717, 1.165) is 54.6 Å². The van der Waals surface area contributed by atoms with E-state index in [2.05, 4.69) is 38.8 Å². The number of hydrogen-bond acceptors (Lipinski definition) is 4. The predicted octanol–water partition coefficient (Wildman–Crippen LogP) is 1.32. The van der Waals surface area contributed by atoms with Crippen LogP contribution in [0, 0.1) is 0 Å². The number of carbonyl (C=O) groups is 2. The molecule has 0 bridgehead atoms. The lowest BCUT2D eigenvalue weighted by Gasteiger charge is -2.37. The summed E-state index contributed by atoms with van der Waals surface area (Å²) in [6.45, 7) is 7.20. The molecule has 2 aliphatic heterocycles. The average molecular weight is 462 g/mol. The summed E-state index contributed by atoms with van der Waals surface area (Å²) in [5.74, 6) is 0.346. The Morgan fingerprint density at radius 1 is 0.862 bits per heavy atom. The highest BCUT2D eigenvalue weighted by Crippen LogP contribution is 2.21. The van der Waals surface area contributed by atoms with Crippen LogP contribution in [0.15, 0.2) is 34.9 Å². The first kappa shape index (κ1) is 20.4. The zero-order chi connectivity index (χ0) is 20.4. The molecule has 2 aliphatic rings. The smallest absolute Gasteiger partial charge is 0.242 e. The van der Waals surface area contributed by atoms with Gasteiger partial charge in [0, 0.05) is 73.9 Å². The van der Waals surface area contributed by atoms with Crippen molar-refractivity contribution < 1.29 is 9.59 Å². The van der Waals surface area contributed by atoms with E-state index in [0.29, 0.717) is 26.2 Å². The molecule has 2 fully saturated rings. The lowest BCUT2D eigenvalue weighted by Crippen LogP contribution is -2.54. The molecule has 7 nitrogen and oxygen atoms in total. The molecule has 1 aromatic carbocycles. The van der Waals surface area contributed by atoms with Crippen molar-refractivity contribution in [1.82, 2.24) is 24.2 Å². The minimum atomic E-state index is 0.135. The summed E-state index contributed by atoms with van der Waals surface area (Å²) in [7, 11) is 2.09. The highest BCUT2D eigenvalue weighted by molar-refractivity contribution is 9.10. The van der Waals surface area contributed by atoms with Crippen LogP contribution in [0.3, 0.4) is 0 Å². The molecule has 4 rings (SSSR count). The predicted molar refractivity (Wildman–Crippen MR) is 117 cm³/mol. The van der Waals surface area contributed by atoms with Gasteiger partial charge in [-0.15, -0.1) is 0 Å². The van der Waals surface area contributed by atoms with Gasteiger partial charge in [0.2, 0.25) is 11.8 Å². The van der Waals surface area contributed by atoms with Crippen molar-refractivity contribution in [2.45, 2.75) is 6.54 Å². The van der Waals surface area contributed by atoms with Crippen LogP contribution in [0.5, 0.6) is 0 Å². The summed E-state index contributed by atoms with van der Waals surface area (Å²) >= 11 is 3.49. The molecule has 29 heavy (non-hydrogen) atoms. The highest BCUT2D eigenvalue weighted by atomic mass is 79.9. The number of benzene rings is 1. The topological polar surface area (TPSA) is 52.0 Å². The Morgan fingerprint density at radius 2 is 1.48 bits per heavy atom. The van der Waals surface area contributed by atoms with Gasteiger partial charge in [-0.1, -0.05) is 15.9 Å². The molecule has 3 heterocycles. The Kier molecular flexibility index (Phi) is 6.22. The van der Waals surface area contributed by atoms with E-state index >= 15 is 0 Å². The van der Waals surface area contributed by atoms with E-state index in [1.165, 1.54) is 0 Å². The summed E-state index contributed by atoms with van der Waals surface area (Å²) in [6, 6.07) is 8.13. The van der Waals surface area contributed by atoms with E-state index in [9.17, 15) is 9.59 Å². The molecule has 8 heteroatoms. The van der Waals surface area contributed by atoms with Gasteiger partial charge >= 0.3 is 0 Å². The molecule has 0 aliphatic carbocycles. The van der Waals surface area contributed by atoms with Crippen LogP contribution in [0.2, 0.25) is 0 Å². The van der Waals surface area contributed by atoms with Crippen molar-refractivity contribution in [3.63, 3.8) is 0 Å². The van der Waals surface area contributed by atoms with Crippen LogP contribution >= 0.6 is 15.9 Å². The van der Waals surface area contributed by atoms with Crippen LogP contribution < -0.4 is 0 Å². The third-order valence-corrected chi connectivity index (χ3v) is 6.47. The zero-order valence-electron chi connectivity index (χ0n) is 16.9. The molecular weight excluding hydrogens is 434 g/mol. The number of aromatic nitrogens is 1. The van der Waals surface area contributed by atoms with Gasteiger partial charge in [0.15, 0.2) is 0 Å². The molecule has 0 saturated carbocycles. The monoisotopic (exact) mass is 461 g/mol. The Labute approximate surface area is 179 Å². The van der Waals surface area contributed by atoms with Crippen molar-refractivity contribution >= 4 is 38.6 Å². The van der Waals surface area contributed by atoms with Crippen molar-refractivity contribution in [2.75, 3.05) is 66.0 Å². The minimum Gasteiger partial charge on any atom is -0.339 e. The fourth-order valence-electron chi connectivity index (χ4n) is 4.06. The molecule has 0 N–H and O–H groups in total. The van der Waals surface area contributed by atoms with E-state index in [-0.39, 0.29) is 11.8 Å². The Balaban J connectivity index is 1.26. The maximum Gasteiger partial charge on any atom is 0.242 e. The van der Waals surface area contributed by atoms with Gasteiger partial charge in [-0.3, -0.25) is 14.5 Å². The van der Waals surface area contributed by atoms with Crippen LogP contribution in [0.25, 0.3) is 10.9 Å². The summed E-state index contributed by atoms with van der Waals surface area (Å²) in [5.41, 5.74) is 1.07. The molecule has 0 unspecified atom stereocenters. The van der Waals surface area contributed by atoms with Crippen molar-refractivity contribution in [3.8, 4) is 0 Å². The second-order valence-corrected chi connectivity index (χ2v) is 8.90. The first-order valence-corrected chi connectivity index (χ1v) is 11.0. The number of nitrogens with zero attached hydrogens (tertiary/aromatic N) is 5. The van der Waals surface area contributed by atoms with Gasteiger partial charge < -0.3 is 19.3 Å². The number of piperazine rings is 2. The molecule has 1 aromatic heterocycles. The van der Waals surface area contributed by atoms with Crippen molar-refractivity contribution in [1.29, 1.82) is 0 Å². The molecule has 2 saturated heterocycles. The first-order valence-electron chi connectivity index (χ1n) is 10.2. The summed E-state index contributed by atoms with van der Waals surface area (Å²) in [5, 5.41) is 1.12. The molecule has 0 atom stereocenters. The number of amides is 2. The van der Waals surface area contributed by atoms with E-state index in [4.69, 9.17) is 0 Å². The van der Waals surface area contributed by atoms with Crippen LogP contribution in [0.1, 0.15) is 0 Å².